The Balaban J connectivity index is 1.41. The van der Waals surface area contributed by atoms with Gasteiger partial charge in [0.25, 0.3) is 0 Å². The number of aryl methyl sites for hydroxylation is 1. The fraction of sp³-hybridized carbons (Fsp3) is 0.212. The van der Waals surface area contributed by atoms with Crippen LogP contribution in [0.1, 0.15) is 34.7 Å². The number of methoxy groups -OCH3 is 1. The maximum atomic E-state index is 13.9. The molecule has 0 saturated heterocycles. The minimum atomic E-state index is -0.819. The van der Waals surface area contributed by atoms with Gasteiger partial charge < -0.3 is 24.4 Å². The molecule has 1 N–H and O–H groups in total. The Kier molecular flexibility index (Phi) is 8.61. The smallest absolute Gasteiger partial charge is 0.247 e. The van der Waals surface area contributed by atoms with E-state index in [1.54, 1.807) is 12.0 Å². The topological polar surface area (TPSA) is 77.1 Å². The van der Waals surface area contributed by atoms with Gasteiger partial charge in [0.1, 0.15) is 11.8 Å². The first-order valence-corrected chi connectivity index (χ1v) is 13.3. The van der Waals surface area contributed by atoms with Gasteiger partial charge in [0.2, 0.25) is 18.6 Å². The summed E-state index contributed by atoms with van der Waals surface area (Å²) in [6.07, 6.45) is 0.859. The van der Waals surface area contributed by atoms with Gasteiger partial charge in [-0.2, -0.15) is 0 Å². The zero-order valence-corrected chi connectivity index (χ0v) is 22.4. The van der Waals surface area contributed by atoms with E-state index in [2.05, 4.69) is 5.32 Å². The van der Waals surface area contributed by atoms with E-state index in [9.17, 15) is 9.59 Å². The average molecular weight is 537 g/mol. The maximum Gasteiger partial charge on any atom is 0.247 e. The number of hydrogen-bond donors (Lipinski definition) is 1. The van der Waals surface area contributed by atoms with Crippen molar-refractivity contribution in [3.8, 4) is 17.2 Å². The second kappa shape index (κ2) is 12.8. The second-order valence-electron chi connectivity index (χ2n) is 9.57. The Labute approximate surface area is 234 Å². The SMILES string of the molecule is COc1ccc(CN(C(=O)CCc2ccccc2)[C@H](C(=O)NCc2ccc3c(c2)OCO3)c2ccccc2)cc1. The van der Waals surface area contributed by atoms with Crippen LogP contribution in [0.5, 0.6) is 17.2 Å². The van der Waals surface area contributed by atoms with E-state index in [0.29, 0.717) is 17.9 Å². The Morgan fingerprint density at radius 2 is 1.50 bits per heavy atom. The summed E-state index contributed by atoms with van der Waals surface area (Å²) in [6.45, 7) is 0.745. The van der Waals surface area contributed by atoms with Gasteiger partial charge >= 0.3 is 0 Å². The number of benzene rings is 4. The van der Waals surface area contributed by atoms with Crippen LogP contribution in [0.4, 0.5) is 0 Å². The lowest BCUT2D eigenvalue weighted by molar-refractivity contribution is -0.141. The molecule has 0 radical (unpaired) electrons. The van der Waals surface area contributed by atoms with Crippen LogP contribution in [-0.2, 0) is 29.1 Å². The van der Waals surface area contributed by atoms with E-state index < -0.39 is 6.04 Å². The van der Waals surface area contributed by atoms with Gasteiger partial charge in [-0.1, -0.05) is 78.9 Å². The zero-order chi connectivity index (χ0) is 27.7. The van der Waals surface area contributed by atoms with E-state index in [-0.39, 0.29) is 38.1 Å². The molecule has 4 aromatic rings. The Morgan fingerprint density at radius 1 is 0.825 bits per heavy atom. The second-order valence-corrected chi connectivity index (χ2v) is 9.57. The molecule has 0 spiro atoms. The van der Waals surface area contributed by atoms with Crippen molar-refractivity contribution in [2.45, 2.75) is 32.0 Å². The van der Waals surface area contributed by atoms with Crippen LogP contribution in [0, 0.1) is 0 Å². The fourth-order valence-corrected chi connectivity index (χ4v) is 4.74. The first kappa shape index (κ1) is 26.8. The van der Waals surface area contributed by atoms with Crippen molar-refractivity contribution in [1.29, 1.82) is 0 Å². The maximum absolute atomic E-state index is 13.9. The number of hydrogen-bond acceptors (Lipinski definition) is 5. The summed E-state index contributed by atoms with van der Waals surface area (Å²) in [7, 11) is 1.62. The number of rotatable bonds is 11. The number of ether oxygens (including phenoxy) is 3. The molecule has 7 nitrogen and oxygen atoms in total. The molecule has 0 saturated carbocycles. The van der Waals surface area contributed by atoms with Crippen molar-refractivity contribution < 1.29 is 23.8 Å². The van der Waals surface area contributed by atoms with E-state index in [1.165, 1.54) is 0 Å². The number of nitrogens with zero attached hydrogens (tertiary/aromatic N) is 1. The van der Waals surface area contributed by atoms with Gasteiger partial charge in [-0.25, -0.2) is 0 Å². The number of carbonyl (C=O) groups is 2. The lowest BCUT2D eigenvalue weighted by Crippen LogP contribution is -2.43. The molecule has 7 heteroatoms. The number of carbonyl (C=O) groups excluding carboxylic acids is 2. The van der Waals surface area contributed by atoms with Gasteiger partial charge in [0, 0.05) is 19.5 Å². The Hall–Kier alpha value is -4.78. The van der Waals surface area contributed by atoms with E-state index in [4.69, 9.17) is 14.2 Å². The standard InChI is InChI=1S/C33H32N2O5/c1-38-28-16-12-25(13-17-28)22-35(31(36)19-15-24-8-4-2-5-9-24)32(27-10-6-3-7-11-27)33(37)34-21-26-14-18-29-30(20-26)40-23-39-29/h2-14,16-18,20,32H,15,19,21-23H2,1H3,(H,34,37)/t32-/m0/s1. The minimum Gasteiger partial charge on any atom is -0.497 e. The highest BCUT2D eigenvalue weighted by Crippen LogP contribution is 2.32. The van der Waals surface area contributed by atoms with Crippen LogP contribution in [0.15, 0.2) is 103 Å². The summed E-state index contributed by atoms with van der Waals surface area (Å²) < 4.78 is 16.2. The molecular weight excluding hydrogens is 504 g/mol. The summed E-state index contributed by atoms with van der Waals surface area (Å²) in [5.74, 6) is 1.71. The third-order valence-electron chi connectivity index (χ3n) is 6.88. The molecule has 1 heterocycles. The molecule has 1 aliphatic heterocycles. The van der Waals surface area contributed by atoms with E-state index in [0.717, 1.165) is 28.0 Å². The largest absolute Gasteiger partial charge is 0.497 e. The molecule has 0 fully saturated rings. The molecule has 204 valence electrons. The molecule has 0 aromatic heterocycles. The number of amides is 2. The average Bonchev–Trinajstić information content (AvgIpc) is 3.48. The molecule has 2 amide bonds. The van der Waals surface area contributed by atoms with Crippen LogP contribution < -0.4 is 19.5 Å². The highest BCUT2D eigenvalue weighted by Gasteiger charge is 2.31. The van der Waals surface area contributed by atoms with Crippen molar-refractivity contribution in [2.24, 2.45) is 0 Å². The summed E-state index contributed by atoms with van der Waals surface area (Å²) in [4.78, 5) is 29.4. The molecule has 0 bridgehead atoms. The number of fused-ring (bicyclic) bond motifs is 1. The van der Waals surface area contributed by atoms with Crippen molar-refractivity contribution in [2.75, 3.05) is 13.9 Å². The van der Waals surface area contributed by atoms with Gasteiger partial charge in [0.15, 0.2) is 11.5 Å². The molecule has 4 aromatic carbocycles. The van der Waals surface area contributed by atoms with Crippen molar-refractivity contribution in [3.63, 3.8) is 0 Å². The first-order valence-electron chi connectivity index (χ1n) is 13.3. The molecule has 5 rings (SSSR count). The Morgan fingerprint density at radius 3 is 2.23 bits per heavy atom. The first-order chi connectivity index (χ1) is 19.6. The monoisotopic (exact) mass is 536 g/mol. The van der Waals surface area contributed by atoms with E-state index in [1.807, 2.05) is 103 Å². The van der Waals surface area contributed by atoms with Crippen molar-refractivity contribution in [3.05, 3.63) is 125 Å². The highest BCUT2D eigenvalue weighted by molar-refractivity contribution is 5.89. The van der Waals surface area contributed by atoms with Gasteiger partial charge in [-0.15, -0.1) is 0 Å². The number of nitrogens with one attached hydrogen (secondary N) is 1. The zero-order valence-electron chi connectivity index (χ0n) is 22.4. The summed E-state index contributed by atoms with van der Waals surface area (Å²) in [5, 5.41) is 3.05. The van der Waals surface area contributed by atoms with Crippen molar-refractivity contribution >= 4 is 11.8 Å². The van der Waals surface area contributed by atoms with Crippen LogP contribution in [-0.4, -0.2) is 30.6 Å². The predicted molar refractivity (Wildman–Crippen MR) is 152 cm³/mol. The molecule has 1 atom stereocenters. The lowest BCUT2D eigenvalue weighted by Gasteiger charge is -2.32. The Bertz CT molecular complexity index is 1420. The molecule has 0 aliphatic carbocycles. The third kappa shape index (κ3) is 6.61. The van der Waals surface area contributed by atoms with Crippen LogP contribution in [0.3, 0.4) is 0 Å². The minimum absolute atomic E-state index is 0.105. The fourth-order valence-electron chi connectivity index (χ4n) is 4.74. The van der Waals surface area contributed by atoms with Gasteiger partial charge in [-0.05, 0) is 52.9 Å². The van der Waals surface area contributed by atoms with Gasteiger partial charge in [-0.3, -0.25) is 9.59 Å². The molecular formula is C33H32N2O5. The predicted octanol–water partition coefficient (Wildman–Crippen LogP) is 5.44. The summed E-state index contributed by atoms with van der Waals surface area (Å²) >= 11 is 0. The van der Waals surface area contributed by atoms with Crippen LogP contribution >= 0.6 is 0 Å². The molecule has 0 unspecified atom stereocenters. The van der Waals surface area contributed by atoms with Crippen molar-refractivity contribution in [1.82, 2.24) is 10.2 Å². The molecule has 40 heavy (non-hydrogen) atoms. The van der Waals surface area contributed by atoms with Gasteiger partial charge in [0.05, 0.1) is 7.11 Å². The van der Waals surface area contributed by atoms with E-state index >= 15 is 0 Å². The van der Waals surface area contributed by atoms with Crippen LogP contribution in [0.25, 0.3) is 0 Å². The quantitative estimate of drug-likeness (QED) is 0.276. The summed E-state index contributed by atoms with van der Waals surface area (Å²) in [5.41, 5.74) is 3.59. The third-order valence-corrected chi connectivity index (χ3v) is 6.88. The molecule has 1 aliphatic rings. The summed E-state index contributed by atoms with van der Waals surface area (Å²) in [6, 6.07) is 31.7. The van der Waals surface area contributed by atoms with Crippen LogP contribution in [0.2, 0.25) is 0 Å². The highest BCUT2D eigenvalue weighted by atomic mass is 16.7. The lowest BCUT2D eigenvalue weighted by atomic mass is 10.0. The normalized spacial score (nSPS) is 12.4.